The Balaban J connectivity index is 1.56. The molecule has 0 saturated heterocycles. The highest BCUT2D eigenvalue weighted by atomic mass is 79.9. The fraction of sp³-hybridized carbons (Fsp3) is 0.0526. The number of hydrazone groups is 1. The average Bonchev–Trinajstić information content (AvgIpc) is 3.06. The van der Waals surface area contributed by atoms with Gasteiger partial charge < -0.3 is 4.42 Å². The number of hydrogen-bond acceptors (Lipinski definition) is 3. The van der Waals surface area contributed by atoms with Gasteiger partial charge in [-0.15, -0.1) is 0 Å². The molecule has 0 atom stereocenters. The van der Waals surface area contributed by atoms with Crippen molar-refractivity contribution in [1.29, 1.82) is 0 Å². The van der Waals surface area contributed by atoms with E-state index in [9.17, 15) is 4.79 Å². The van der Waals surface area contributed by atoms with Crippen LogP contribution in [-0.2, 0) is 11.2 Å². The van der Waals surface area contributed by atoms with Crippen molar-refractivity contribution in [1.82, 2.24) is 5.43 Å². The van der Waals surface area contributed by atoms with Crippen molar-refractivity contribution in [3.05, 3.63) is 81.5 Å². The predicted octanol–water partition coefficient (Wildman–Crippen LogP) is 5.06. The molecule has 1 aromatic heterocycles. The number of nitrogens with zero attached hydrogens (tertiary/aromatic N) is 1. The normalized spacial score (nSPS) is 11.0. The fourth-order valence-corrected chi connectivity index (χ4v) is 2.58. The Kier molecular flexibility index (Phi) is 5.68. The summed E-state index contributed by atoms with van der Waals surface area (Å²) in [5.74, 6) is 1.07. The molecule has 0 aliphatic rings. The van der Waals surface area contributed by atoms with E-state index in [-0.39, 0.29) is 12.3 Å². The highest BCUT2D eigenvalue weighted by Crippen LogP contribution is 2.23. The molecule has 0 aliphatic carbocycles. The van der Waals surface area contributed by atoms with Gasteiger partial charge in [-0.3, -0.25) is 4.79 Å². The number of rotatable bonds is 5. The van der Waals surface area contributed by atoms with E-state index in [0.717, 1.165) is 15.6 Å². The minimum atomic E-state index is -0.192. The highest BCUT2D eigenvalue weighted by molar-refractivity contribution is 9.10. The zero-order valence-corrected chi connectivity index (χ0v) is 15.4. The largest absolute Gasteiger partial charge is 0.455 e. The van der Waals surface area contributed by atoms with Crippen molar-refractivity contribution >= 4 is 39.7 Å². The van der Waals surface area contributed by atoms with Crippen LogP contribution in [0.4, 0.5) is 0 Å². The van der Waals surface area contributed by atoms with Crippen LogP contribution in [0.15, 0.2) is 74.7 Å². The predicted molar refractivity (Wildman–Crippen MR) is 103 cm³/mol. The van der Waals surface area contributed by atoms with Crippen LogP contribution >= 0.6 is 27.5 Å². The average molecular weight is 418 g/mol. The molecular formula is C19H14BrClN2O2. The standard InChI is InChI=1S/C19H14BrClN2O2/c20-15-5-1-13(2-6-15)11-19(24)23-22-12-17-9-10-18(25-17)14-3-7-16(21)8-4-14/h1-10,12H,11H2,(H,23,24)/b22-12-. The minimum Gasteiger partial charge on any atom is -0.455 e. The molecule has 0 unspecified atom stereocenters. The maximum atomic E-state index is 11.9. The molecule has 0 aliphatic heterocycles. The lowest BCUT2D eigenvalue weighted by Crippen LogP contribution is -2.19. The molecule has 25 heavy (non-hydrogen) atoms. The summed E-state index contributed by atoms with van der Waals surface area (Å²) in [5, 5.41) is 4.60. The van der Waals surface area contributed by atoms with Crippen molar-refractivity contribution in [2.24, 2.45) is 5.10 Å². The second-order valence-corrected chi connectivity index (χ2v) is 6.66. The maximum absolute atomic E-state index is 11.9. The molecule has 0 fully saturated rings. The Morgan fingerprint density at radius 3 is 2.52 bits per heavy atom. The van der Waals surface area contributed by atoms with Gasteiger partial charge in [0, 0.05) is 15.1 Å². The van der Waals surface area contributed by atoms with E-state index >= 15 is 0 Å². The Morgan fingerprint density at radius 1 is 1.08 bits per heavy atom. The highest BCUT2D eigenvalue weighted by Gasteiger charge is 2.04. The summed E-state index contributed by atoms with van der Waals surface area (Å²) in [5.41, 5.74) is 4.33. The Morgan fingerprint density at radius 2 is 1.80 bits per heavy atom. The monoisotopic (exact) mass is 416 g/mol. The quantitative estimate of drug-likeness (QED) is 0.466. The van der Waals surface area contributed by atoms with Crippen LogP contribution < -0.4 is 5.43 Å². The summed E-state index contributed by atoms with van der Waals surface area (Å²) in [6.45, 7) is 0. The molecule has 3 aromatic rings. The van der Waals surface area contributed by atoms with Crippen molar-refractivity contribution in [3.8, 4) is 11.3 Å². The molecule has 0 radical (unpaired) electrons. The topological polar surface area (TPSA) is 54.6 Å². The van der Waals surface area contributed by atoms with Crippen molar-refractivity contribution in [2.45, 2.75) is 6.42 Å². The van der Waals surface area contributed by atoms with Crippen LogP contribution in [0.2, 0.25) is 5.02 Å². The molecule has 2 aromatic carbocycles. The van der Waals surface area contributed by atoms with Crippen LogP contribution in [0.25, 0.3) is 11.3 Å². The first-order chi connectivity index (χ1) is 12.1. The van der Waals surface area contributed by atoms with Crippen molar-refractivity contribution in [3.63, 3.8) is 0 Å². The zero-order valence-electron chi connectivity index (χ0n) is 13.1. The number of halogens is 2. The molecule has 1 N–H and O–H groups in total. The second-order valence-electron chi connectivity index (χ2n) is 5.31. The first-order valence-electron chi connectivity index (χ1n) is 7.52. The van der Waals surface area contributed by atoms with Gasteiger partial charge in [0.1, 0.15) is 11.5 Å². The first-order valence-corrected chi connectivity index (χ1v) is 8.69. The minimum absolute atomic E-state index is 0.192. The van der Waals surface area contributed by atoms with Gasteiger partial charge >= 0.3 is 0 Å². The van der Waals surface area contributed by atoms with Gasteiger partial charge in [-0.1, -0.05) is 39.7 Å². The number of carbonyl (C=O) groups is 1. The van der Waals surface area contributed by atoms with Gasteiger partial charge in [0.15, 0.2) is 0 Å². The Hall–Kier alpha value is -2.37. The van der Waals surface area contributed by atoms with E-state index in [0.29, 0.717) is 16.5 Å². The number of benzene rings is 2. The van der Waals surface area contributed by atoms with Crippen LogP contribution in [0, 0.1) is 0 Å². The van der Waals surface area contributed by atoms with Gasteiger partial charge in [-0.05, 0) is 54.1 Å². The molecular weight excluding hydrogens is 404 g/mol. The molecule has 126 valence electrons. The van der Waals surface area contributed by atoms with E-state index in [1.165, 1.54) is 6.21 Å². The summed E-state index contributed by atoms with van der Waals surface area (Å²) in [6.07, 6.45) is 1.73. The smallest absolute Gasteiger partial charge is 0.244 e. The van der Waals surface area contributed by atoms with E-state index in [2.05, 4.69) is 26.5 Å². The van der Waals surface area contributed by atoms with Gasteiger partial charge in [0.25, 0.3) is 0 Å². The molecule has 1 amide bonds. The van der Waals surface area contributed by atoms with Gasteiger partial charge in [0.05, 0.1) is 12.6 Å². The Bertz CT molecular complexity index is 887. The van der Waals surface area contributed by atoms with Crippen LogP contribution in [-0.4, -0.2) is 12.1 Å². The lowest BCUT2D eigenvalue weighted by molar-refractivity contribution is -0.120. The molecule has 1 heterocycles. The summed E-state index contributed by atoms with van der Waals surface area (Å²) < 4.78 is 6.65. The van der Waals surface area contributed by atoms with E-state index in [1.54, 1.807) is 18.2 Å². The number of furan rings is 1. The number of carbonyl (C=O) groups excluding carboxylic acids is 1. The maximum Gasteiger partial charge on any atom is 0.244 e. The van der Waals surface area contributed by atoms with Crippen molar-refractivity contribution < 1.29 is 9.21 Å². The van der Waals surface area contributed by atoms with Crippen LogP contribution in [0.3, 0.4) is 0 Å². The Labute approximate surface area is 158 Å². The summed E-state index contributed by atoms with van der Waals surface area (Å²) in [7, 11) is 0. The first kappa shape index (κ1) is 17.5. The van der Waals surface area contributed by atoms with Gasteiger partial charge in [-0.2, -0.15) is 5.10 Å². The van der Waals surface area contributed by atoms with Crippen LogP contribution in [0.5, 0.6) is 0 Å². The molecule has 6 heteroatoms. The number of hydrogen-bond donors (Lipinski definition) is 1. The number of nitrogens with one attached hydrogen (secondary N) is 1. The lowest BCUT2D eigenvalue weighted by Gasteiger charge is -2.00. The van der Waals surface area contributed by atoms with E-state index < -0.39 is 0 Å². The third-order valence-corrected chi connectivity index (χ3v) is 4.20. The van der Waals surface area contributed by atoms with E-state index in [1.807, 2.05) is 42.5 Å². The SMILES string of the molecule is O=C(Cc1ccc(Br)cc1)N/N=C\c1ccc(-c2ccc(Cl)cc2)o1. The molecule has 0 saturated carbocycles. The lowest BCUT2D eigenvalue weighted by atomic mass is 10.1. The molecule has 3 rings (SSSR count). The van der Waals surface area contributed by atoms with E-state index in [4.69, 9.17) is 16.0 Å². The molecule has 0 spiro atoms. The number of amides is 1. The van der Waals surface area contributed by atoms with Crippen LogP contribution in [0.1, 0.15) is 11.3 Å². The zero-order chi connectivity index (χ0) is 17.6. The fourth-order valence-electron chi connectivity index (χ4n) is 2.19. The molecule has 4 nitrogen and oxygen atoms in total. The van der Waals surface area contributed by atoms with Crippen molar-refractivity contribution in [2.75, 3.05) is 0 Å². The summed E-state index contributed by atoms with van der Waals surface area (Å²) in [4.78, 5) is 11.9. The van der Waals surface area contributed by atoms with Gasteiger partial charge in [-0.25, -0.2) is 5.43 Å². The second kappa shape index (κ2) is 8.14. The third-order valence-electron chi connectivity index (χ3n) is 3.41. The summed E-state index contributed by atoms with van der Waals surface area (Å²) in [6, 6.07) is 18.5. The molecule has 0 bridgehead atoms. The van der Waals surface area contributed by atoms with Gasteiger partial charge in [0.2, 0.25) is 5.91 Å². The summed E-state index contributed by atoms with van der Waals surface area (Å²) >= 11 is 9.23. The third kappa shape index (κ3) is 5.05.